The number of hydrogen-bond donors (Lipinski definition) is 1. The van der Waals surface area contributed by atoms with Gasteiger partial charge in [0.05, 0.1) is 36.1 Å². The first-order valence-electron chi connectivity index (χ1n) is 20.7. The lowest BCUT2D eigenvalue weighted by Crippen LogP contribution is -2.50. The van der Waals surface area contributed by atoms with Crippen LogP contribution in [0.15, 0.2) is 119 Å². The Morgan fingerprint density at radius 2 is 1.22 bits per heavy atom. The minimum absolute atomic E-state index is 0.0128. The van der Waals surface area contributed by atoms with Gasteiger partial charge < -0.3 is 24.4 Å². The molecule has 0 radical (unpaired) electrons. The van der Waals surface area contributed by atoms with Crippen molar-refractivity contribution in [2.45, 2.75) is 63.8 Å². The van der Waals surface area contributed by atoms with Crippen molar-refractivity contribution in [1.29, 1.82) is 0 Å². The van der Waals surface area contributed by atoms with E-state index in [-0.39, 0.29) is 36.1 Å². The molecule has 4 aromatic carbocycles. The molecule has 16 heteroatoms. The van der Waals surface area contributed by atoms with Gasteiger partial charge in [0, 0.05) is 38.0 Å². The Bertz CT molecular complexity index is 2890. The maximum absolute atomic E-state index is 14.8. The molecular weight excluding hydrogens is 827 g/mol. The summed E-state index contributed by atoms with van der Waals surface area (Å²) in [6.07, 6.45) is 1.71. The molecule has 6 aromatic rings. The smallest absolute Gasteiger partial charge is 0.343 e. The van der Waals surface area contributed by atoms with Gasteiger partial charge in [-0.1, -0.05) is 48.5 Å². The number of fused-ring (bicyclic) bond motifs is 2. The summed E-state index contributed by atoms with van der Waals surface area (Å²) in [5.41, 5.74) is -0.172. The van der Waals surface area contributed by atoms with Crippen LogP contribution in [0.25, 0.3) is 0 Å². The molecule has 2 aliphatic heterocycles. The summed E-state index contributed by atoms with van der Waals surface area (Å²) in [6, 6.07) is 23.3. The number of aromatic hydroxyl groups is 1. The molecular formula is C48H44F2N6O8. The van der Waals surface area contributed by atoms with E-state index in [2.05, 4.69) is 10.2 Å². The molecule has 0 fully saturated rings. The summed E-state index contributed by atoms with van der Waals surface area (Å²) in [5, 5.41) is 19.5. The Balaban J connectivity index is 1.23. The predicted octanol–water partition coefficient (Wildman–Crippen LogP) is 6.49. The Labute approximate surface area is 365 Å². The maximum atomic E-state index is 14.8. The molecule has 3 unspecified atom stereocenters. The van der Waals surface area contributed by atoms with Crippen molar-refractivity contribution in [3.63, 3.8) is 0 Å². The van der Waals surface area contributed by atoms with Gasteiger partial charge in [0.1, 0.15) is 17.4 Å². The van der Waals surface area contributed by atoms with E-state index < -0.39 is 81.7 Å². The first kappa shape index (κ1) is 43.2. The fourth-order valence-corrected chi connectivity index (χ4v) is 8.70. The second-order valence-corrected chi connectivity index (χ2v) is 16.5. The molecule has 2 aliphatic rings. The van der Waals surface area contributed by atoms with Crippen molar-refractivity contribution in [2.24, 2.45) is 0 Å². The molecule has 2 amide bonds. The molecule has 0 aliphatic carbocycles. The summed E-state index contributed by atoms with van der Waals surface area (Å²) in [5.74, 6) is -5.57. The van der Waals surface area contributed by atoms with E-state index in [9.17, 15) is 37.9 Å². The van der Waals surface area contributed by atoms with E-state index in [0.29, 0.717) is 28.0 Å². The van der Waals surface area contributed by atoms with Crippen LogP contribution in [0.1, 0.15) is 105 Å². The van der Waals surface area contributed by atoms with Crippen LogP contribution < -0.4 is 20.3 Å². The van der Waals surface area contributed by atoms with E-state index in [0.717, 1.165) is 12.4 Å². The monoisotopic (exact) mass is 870 g/mol. The van der Waals surface area contributed by atoms with E-state index in [1.54, 1.807) is 56.3 Å². The van der Waals surface area contributed by atoms with E-state index >= 15 is 0 Å². The fourth-order valence-electron chi connectivity index (χ4n) is 8.70. The molecule has 0 spiro atoms. The number of aromatic nitrogens is 4. The zero-order valence-corrected chi connectivity index (χ0v) is 35.5. The topological polar surface area (TPSA) is 166 Å². The van der Waals surface area contributed by atoms with Gasteiger partial charge in [-0.3, -0.25) is 28.5 Å². The highest BCUT2D eigenvalue weighted by atomic mass is 19.1. The molecule has 0 saturated heterocycles. The van der Waals surface area contributed by atoms with Crippen LogP contribution in [0.5, 0.6) is 17.2 Å². The van der Waals surface area contributed by atoms with Crippen molar-refractivity contribution < 1.29 is 37.7 Å². The van der Waals surface area contributed by atoms with E-state index in [1.807, 2.05) is 26.0 Å². The molecule has 3 atom stereocenters. The van der Waals surface area contributed by atoms with Crippen LogP contribution in [-0.2, 0) is 0 Å². The molecule has 14 nitrogen and oxygen atoms in total. The first-order chi connectivity index (χ1) is 30.6. The lowest BCUT2D eigenvalue weighted by molar-refractivity contribution is 0.0560. The summed E-state index contributed by atoms with van der Waals surface area (Å²) in [7, 11) is 1.54. The number of hydrogen-bond acceptors (Lipinski definition) is 10. The van der Waals surface area contributed by atoms with E-state index in [1.165, 1.54) is 68.7 Å². The molecule has 2 aromatic heterocycles. The number of likely N-dealkylation sites (N-methyl/N-ethyl adjacent to an activating group) is 1. The number of halogens is 2. The zero-order chi connectivity index (χ0) is 45.6. The SMILES string of the molecule is CC(C)Oc1cccc(C(c2cccc(C(=O)Oc3c4n(ncc3=O)C(C(c3cccc(F)c3)c3cccc(F)c3)CN(C(C)C)C4=O)c2)C2CN(C)C(=O)c3c(O)c(=O)cnn32)c1. The average molecular weight is 871 g/mol. The minimum atomic E-state index is -0.989. The van der Waals surface area contributed by atoms with Gasteiger partial charge in [0.15, 0.2) is 17.1 Å². The third kappa shape index (κ3) is 8.14. The zero-order valence-electron chi connectivity index (χ0n) is 35.5. The highest BCUT2D eigenvalue weighted by molar-refractivity contribution is 5.98. The number of benzene rings is 4. The van der Waals surface area contributed by atoms with Crippen molar-refractivity contribution in [3.05, 3.63) is 181 Å². The summed E-state index contributed by atoms with van der Waals surface area (Å²) < 4.78 is 44.3. The molecule has 0 bridgehead atoms. The van der Waals surface area contributed by atoms with Crippen molar-refractivity contribution in [2.75, 3.05) is 20.1 Å². The predicted molar refractivity (Wildman–Crippen MR) is 230 cm³/mol. The number of esters is 1. The molecule has 0 saturated carbocycles. The van der Waals surface area contributed by atoms with Gasteiger partial charge in [-0.2, -0.15) is 10.2 Å². The van der Waals surface area contributed by atoms with Gasteiger partial charge in [-0.25, -0.2) is 13.6 Å². The number of ether oxygens (including phenoxy) is 2. The largest absolute Gasteiger partial charge is 0.502 e. The molecule has 8 rings (SSSR count). The standard InChI is InChI=1S/C48H44F2N6O8/c1-26(2)54-25-37(41(29-11-7-15-33(49)19-29)30-12-8-16-34(50)20-30)56-43(47(54)61)45(39(58)23-52-56)64-48(62)32-14-6-10-28(18-32)40(31-13-9-17-35(21-31)63-27(3)4)36-24-53(5)46(60)42-44(59)38(57)22-51-55(36)42/h6-23,26-27,36-37,40-41,59H,24-25H2,1-5H3. The van der Waals surface area contributed by atoms with Crippen LogP contribution in [0.3, 0.4) is 0 Å². The Morgan fingerprint density at radius 3 is 1.81 bits per heavy atom. The second kappa shape index (κ2) is 17.3. The highest BCUT2D eigenvalue weighted by Crippen LogP contribution is 2.42. The summed E-state index contributed by atoms with van der Waals surface area (Å²) >= 11 is 0. The van der Waals surface area contributed by atoms with Crippen LogP contribution in [-0.4, -0.2) is 84.5 Å². The number of carbonyl (C=O) groups is 3. The Morgan fingerprint density at radius 1 is 0.688 bits per heavy atom. The lowest BCUT2D eigenvalue weighted by Gasteiger charge is -2.41. The van der Waals surface area contributed by atoms with E-state index in [4.69, 9.17) is 9.47 Å². The van der Waals surface area contributed by atoms with Crippen LogP contribution in [0.4, 0.5) is 8.78 Å². The third-order valence-corrected chi connectivity index (χ3v) is 11.5. The Kier molecular flexibility index (Phi) is 11.7. The summed E-state index contributed by atoms with van der Waals surface area (Å²) in [6.45, 7) is 7.44. The van der Waals surface area contributed by atoms with Crippen molar-refractivity contribution in [3.8, 4) is 17.2 Å². The maximum Gasteiger partial charge on any atom is 0.343 e. The first-order valence-corrected chi connectivity index (χ1v) is 20.7. The fraction of sp³-hybridized carbons (Fsp3) is 0.271. The Hall–Kier alpha value is -7.49. The van der Waals surface area contributed by atoms with Crippen molar-refractivity contribution >= 4 is 17.8 Å². The summed E-state index contributed by atoms with van der Waals surface area (Å²) in [4.78, 5) is 71.3. The third-order valence-electron chi connectivity index (χ3n) is 11.5. The van der Waals surface area contributed by atoms with Gasteiger partial charge >= 0.3 is 5.97 Å². The average Bonchev–Trinajstić information content (AvgIpc) is 3.25. The quantitative estimate of drug-likeness (QED) is 0.142. The van der Waals surface area contributed by atoms with Crippen LogP contribution in [0, 0.1) is 11.6 Å². The number of amides is 2. The van der Waals surface area contributed by atoms with Gasteiger partial charge in [-0.05, 0) is 98.5 Å². The normalized spacial score (nSPS) is 16.5. The van der Waals surface area contributed by atoms with Gasteiger partial charge in [0.25, 0.3) is 11.8 Å². The van der Waals surface area contributed by atoms with Gasteiger partial charge in [-0.15, -0.1) is 0 Å². The molecule has 328 valence electrons. The number of carbonyl (C=O) groups excluding carboxylic acids is 3. The molecule has 4 heterocycles. The minimum Gasteiger partial charge on any atom is -0.502 e. The van der Waals surface area contributed by atoms with Crippen molar-refractivity contribution in [1.82, 2.24) is 29.4 Å². The molecule has 1 N–H and O–H groups in total. The van der Waals surface area contributed by atoms with Crippen LogP contribution >= 0.6 is 0 Å². The van der Waals surface area contributed by atoms with Crippen LogP contribution in [0.2, 0.25) is 0 Å². The van der Waals surface area contributed by atoms with Gasteiger partial charge in [0.2, 0.25) is 16.6 Å². The molecule has 64 heavy (non-hydrogen) atoms. The number of nitrogens with zero attached hydrogens (tertiary/aromatic N) is 6. The lowest BCUT2D eigenvalue weighted by atomic mass is 9.83. The second-order valence-electron chi connectivity index (χ2n) is 16.5. The highest BCUT2D eigenvalue weighted by Gasteiger charge is 2.42. The number of rotatable bonds is 11.